The summed E-state index contributed by atoms with van der Waals surface area (Å²) in [6.45, 7) is 4.86. The summed E-state index contributed by atoms with van der Waals surface area (Å²) in [5.74, 6) is -0.0408. The Kier molecular flexibility index (Phi) is 8.22. The monoisotopic (exact) mass is 539 g/mol. The standard InChI is InChI=1S/C26H30BrN5O3/c1-31(19-5-3-18(27)4-6-19)20-7-10-24(33)22(17-20)23-9-8-21(25(28)30-23)26(34)29-11-2-12-32-13-15-35-16-14-32/h3-10,17,33H,2,11-16H2,1H3,(H2,28,30)(H,29,34). The molecule has 0 radical (unpaired) electrons. The zero-order chi connectivity index (χ0) is 24.8. The van der Waals surface area contributed by atoms with Gasteiger partial charge < -0.3 is 25.8 Å². The van der Waals surface area contributed by atoms with Gasteiger partial charge in [-0.05, 0) is 67.6 Å². The number of aromatic nitrogens is 1. The number of morpholine rings is 1. The van der Waals surface area contributed by atoms with Gasteiger partial charge in [0.15, 0.2) is 0 Å². The van der Waals surface area contributed by atoms with E-state index in [9.17, 15) is 9.90 Å². The highest BCUT2D eigenvalue weighted by atomic mass is 79.9. The molecule has 184 valence electrons. The van der Waals surface area contributed by atoms with Crippen molar-refractivity contribution in [2.45, 2.75) is 6.42 Å². The van der Waals surface area contributed by atoms with Crippen LogP contribution in [-0.2, 0) is 4.74 Å². The molecule has 0 atom stereocenters. The Hall–Kier alpha value is -3.14. The number of nitrogen functional groups attached to an aromatic ring is 1. The summed E-state index contributed by atoms with van der Waals surface area (Å²) in [7, 11) is 1.95. The van der Waals surface area contributed by atoms with Crippen LogP contribution in [-0.4, -0.2) is 67.3 Å². The van der Waals surface area contributed by atoms with Gasteiger partial charge in [-0.1, -0.05) is 15.9 Å². The van der Waals surface area contributed by atoms with Gasteiger partial charge in [0.25, 0.3) is 5.91 Å². The number of hydrogen-bond donors (Lipinski definition) is 3. The number of carbonyl (C=O) groups excluding carboxylic acids is 1. The second-order valence-corrected chi connectivity index (χ2v) is 9.35. The van der Waals surface area contributed by atoms with Crippen LogP contribution in [0.3, 0.4) is 0 Å². The zero-order valence-corrected chi connectivity index (χ0v) is 21.3. The Morgan fingerprint density at radius 3 is 2.57 bits per heavy atom. The van der Waals surface area contributed by atoms with Crippen LogP contribution in [0.5, 0.6) is 5.75 Å². The van der Waals surface area contributed by atoms with E-state index in [2.05, 4.69) is 31.1 Å². The molecule has 1 saturated heterocycles. The molecular weight excluding hydrogens is 510 g/mol. The SMILES string of the molecule is CN(c1ccc(Br)cc1)c1ccc(O)c(-c2ccc(C(=O)NCCCN3CCOCC3)c(N)n2)c1. The van der Waals surface area contributed by atoms with E-state index in [1.165, 1.54) is 0 Å². The third kappa shape index (κ3) is 6.30. The fraction of sp³-hybridized carbons (Fsp3) is 0.308. The number of phenolic OH excluding ortho intramolecular Hbond substituents is 1. The van der Waals surface area contributed by atoms with E-state index >= 15 is 0 Å². The van der Waals surface area contributed by atoms with Crippen LogP contribution in [0.4, 0.5) is 17.2 Å². The van der Waals surface area contributed by atoms with Gasteiger partial charge in [-0.15, -0.1) is 0 Å². The van der Waals surface area contributed by atoms with Crippen molar-refractivity contribution in [2.24, 2.45) is 0 Å². The summed E-state index contributed by atoms with van der Waals surface area (Å²) < 4.78 is 6.36. The van der Waals surface area contributed by atoms with Crippen molar-refractivity contribution in [1.82, 2.24) is 15.2 Å². The lowest BCUT2D eigenvalue weighted by atomic mass is 10.1. The lowest BCUT2D eigenvalue weighted by Crippen LogP contribution is -2.38. The molecule has 8 nitrogen and oxygen atoms in total. The van der Waals surface area contributed by atoms with Crippen LogP contribution in [0.2, 0.25) is 0 Å². The first-order chi connectivity index (χ1) is 16.9. The molecule has 4 N–H and O–H groups in total. The van der Waals surface area contributed by atoms with Gasteiger partial charge in [-0.2, -0.15) is 0 Å². The van der Waals surface area contributed by atoms with Crippen molar-refractivity contribution in [3.8, 4) is 17.0 Å². The summed E-state index contributed by atoms with van der Waals surface area (Å²) in [5, 5.41) is 13.4. The molecule has 0 unspecified atom stereocenters. The molecule has 4 rings (SSSR count). The Morgan fingerprint density at radius 1 is 1.14 bits per heavy atom. The largest absolute Gasteiger partial charge is 0.507 e. The molecule has 1 aromatic heterocycles. The number of nitrogens with one attached hydrogen (secondary N) is 1. The van der Waals surface area contributed by atoms with Gasteiger partial charge >= 0.3 is 0 Å². The molecule has 0 saturated carbocycles. The third-order valence-corrected chi connectivity index (χ3v) is 6.60. The van der Waals surface area contributed by atoms with Gasteiger partial charge in [0, 0.05) is 48.1 Å². The van der Waals surface area contributed by atoms with Gasteiger partial charge in [0.05, 0.1) is 24.5 Å². The highest BCUT2D eigenvalue weighted by Gasteiger charge is 2.16. The summed E-state index contributed by atoms with van der Waals surface area (Å²) in [6.07, 6.45) is 0.851. The van der Waals surface area contributed by atoms with Crippen LogP contribution in [0.15, 0.2) is 59.1 Å². The summed E-state index contributed by atoms with van der Waals surface area (Å²) in [4.78, 5) is 21.4. The Balaban J connectivity index is 1.43. The van der Waals surface area contributed by atoms with E-state index in [1.807, 2.05) is 48.3 Å². The lowest BCUT2D eigenvalue weighted by Gasteiger charge is -2.26. The predicted molar refractivity (Wildman–Crippen MR) is 142 cm³/mol. The van der Waals surface area contributed by atoms with Gasteiger partial charge in [0.2, 0.25) is 0 Å². The number of phenols is 1. The zero-order valence-electron chi connectivity index (χ0n) is 19.7. The highest BCUT2D eigenvalue weighted by Crippen LogP contribution is 2.35. The van der Waals surface area contributed by atoms with Gasteiger partial charge in [-0.3, -0.25) is 9.69 Å². The first-order valence-corrected chi connectivity index (χ1v) is 12.4. The van der Waals surface area contributed by atoms with Crippen LogP contribution < -0.4 is 16.0 Å². The maximum absolute atomic E-state index is 12.6. The molecule has 9 heteroatoms. The first-order valence-electron chi connectivity index (χ1n) is 11.6. The van der Waals surface area contributed by atoms with E-state index in [1.54, 1.807) is 18.2 Å². The van der Waals surface area contributed by atoms with Crippen molar-refractivity contribution in [2.75, 3.05) is 57.1 Å². The normalized spacial score (nSPS) is 14.0. The molecular formula is C26H30BrN5O3. The maximum Gasteiger partial charge on any atom is 0.255 e. The molecule has 0 bridgehead atoms. The third-order valence-electron chi connectivity index (χ3n) is 6.07. The van der Waals surface area contributed by atoms with Crippen molar-refractivity contribution in [3.05, 3.63) is 64.6 Å². The number of rotatable bonds is 8. The highest BCUT2D eigenvalue weighted by molar-refractivity contribution is 9.10. The number of amides is 1. The van der Waals surface area contributed by atoms with Crippen LogP contribution in [0.1, 0.15) is 16.8 Å². The maximum atomic E-state index is 12.6. The number of nitrogens with zero attached hydrogens (tertiary/aromatic N) is 3. The van der Waals surface area contributed by atoms with E-state index < -0.39 is 0 Å². The lowest BCUT2D eigenvalue weighted by molar-refractivity contribution is 0.0374. The minimum atomic E-state index is -0.253. The number of nitrogens with two attached hydrogens (primary N) is 1. The topological polar surface area (TPSA) is 104 Å². The quantitative estimate of drug-likeness (QED) is 0.371. The Morgan fingerprint density at radius 2 is 1.86 bits per heavy atom. The molecule has 1 aliphatic heterocycles. The molecule has 2 heterocycles. The minimum Gasteiger partial charge on any atom is -0.507 e. The number of halogens is 1. The predicted octanol–water partition coefficient (Wildman–Crippen LogP) is 4.02. The number of ether oxygens (including phenoxy) is 1. The van der Waals surface area contributed by atoms with Crippen LogP contribution in [0.25, 0.3) is 11.3 Å². The summed E-state index contributed by atoms with van der Waals surface area (Å²) in [5.41, 5.74) is 9.37. The Bertz CT molecular complexity index is 1170. The van der Waals surface area contributed by atoms with Crippen molar-refractivity contribution in [1.29, 1.82) is 0 Å². The van der Waals surface area contributed by atoms with E-state index in [0.29, 0.717) is 23.4 Å². The summed E-state index contributed by atoms with van der Waals surface area (Å²) >= 11 is 3.45. The molecule has 1 aliphatic rings. The second kappa shape index (κ2) is 11.5. The fourth-order valence-electron chi connectivity index (χ4n) is 3.99. The molecule has 0 aliphatic carbocycles. The van der Waals surface area contributed by atoms with Crippen molar-refractivity contribution in [3.63, 3.8) is 0 Å². The Labute approximate surface area is 213 Å². The molecule has 1 fully saturated rings. The molecule has 3 aromatic rings. The second-order valence-electron chi connectivity index (χ2n) is 8.43. The van der Waals surface area contributed by atoms with E-state index in [4.69, 9.17) is 10.5 Å². The number of aromatic hydroxyl groups is 1. The average Bonchev–Trinajstić information content (AvgIpc) is 2.87. The molecule has 35 heavy (non-hydrogen) atoms. The van der Waals surface area contributed by atoms with Crippen LogP contribution >= 0.6 is 15.9 Å². The van der Waals surface area contributed by atoms with Crippen molar-refractivity contribution < 1.29 is 14.6 Å². The van der Waals surface area contributed by atoms with Gasteiger partial charge in [-0.25, -0.2) is 4.98 Å². The van der Waals surface area contributed by atoms with Crippen molar-refractivity contribution >= 4 is 39.0 Å². The molecule has 1 amide bonds. The number of benzene rings is 2. The fourth-order valence-corrected chi connectivity index (χ4v) is 4.26. The number of anilines is 3. The molecule has 0 spiro atoms. The van der Waals surface area contributed by atoms with Gasteiger partial charge in [0.1, 0.15) is 11.6 Å². The van der Waals surface area contributed by atoms with E-state index in [-0.39, 0.29) is 17.5 Å². The minimum absolute atomic E-state index is 0.0881. The summed E-state index contributed by atoms with van der Waals surface area (Å²) in [6, 6.07) is 16.6. The average molecular weight is 540 g/mol. The molecule has 2 aromatic carbocycles. The number of carbonyl (C=O) groups is 1. The smallest absolute Gasteiger partial charge is 0.255 e. The number of pyridine rings is 1. The first kappa shape index (κ1) is 25.0. The van der Waals surface area contributed by atoms with Crippen LogP contribution in [0, 0.1) is 0 Å². The van der Waals surface area contributed by atoms with E-state index in [0.717, 1.165) is 55.1 Å². The number of hydrogen-bond acceptors (Lipinski definition) is 7.